The number of aliphatic hydroxyl groups is 1. The van der Waals surface area contributed by atoms with Gasteiger partial charge in [0.2, 0.25) is 0 Å². The summed E-state index contributed by atoms with van der Waals surface area (Å²) in [6, 6.07) is 0.213. The van der Waals surface area contributed by atoms with Crippen molar-refractivity contribution in [2.45, 2.75) is 13.0 Å². The van der Waals surface area contributed by atoms with E-state index in [9.17, 15) is 0 Å². The summed E-state index contributed by atoms with van der Waals surface area (Å²) in [7, 11) is 3.91. The fourth-order valence-corrected chi connectivity index (χ4v) is 0.746. The molecule has 3 heteroatoms. The summed E-state index contributed by atoms with van der Waals surface area (Å²) in [6.45, 7) is 4.24. The number of hydrogen-bond acceptors (Lipinski definition) is 3. The Bertz CT molecular complexity index is 74.0. The quantitative estimate of drug-likeness (QED) is 0.550. The maximum absolute atomic E-state index is 8.78. The van der Waals surface area contributed by atoms with Crippen molar-refractivity contribution in [1.82, 2.24) is 10.2 Å². The summed E-state index contributed by atoms with van der Waals surface area (Å²) >= 11 is 0. The molecule has 0 saturated heterocycles. The maximum atomic E-state index is 8.78. The SMILES string of the molecule is CCN(C)CC(CO)NC. The molecule has 0 spiro atoms. The van der Waals surface area contributed by atoms with E-state index in [4.69, 9.17) is 5.11 Å². The molecule has 3 nitrogen and oxygen atoms in total. The third-order valence-electron chi connectivity index (χ3n) is 1.70. The highest BCUT2D eigenvalue weighted by atomic mass is 16.3. The van der Waals surface area contributed by atoms with Gasteiger partial charge in [0.1, 0.15) is 0 Å². The van der Waals surface area contributed by atoms with E-state index in [1.54, 1.807) is 0 Å². The van der Waals surface area contributed by atoms with Gasteiger partial charge < -0.3 is 15.3 Å². The van der Waals surface area contributed by atoms with Crippen LogP contribution in [0.15, 0.2) is 0 Å². The predicted octanol–water partition coefficient (Wildman–Crippen LogP) is -0.482. The van der Waals surface area contributed by atoms with E-state index in [0.717, 1.165) is 13.1 Å². The van der Waals surface area contributed by atoms with Crippen LogP contribution in [0.3, 0.4) is 0 Å². The highest BCUT2D eigenvalue weighted by Gasteiger charge is 2.05. The molecule has 10 heavy (non-hydrogen) atoms. The molecular formula is C7H18N2O. The van der Waals surface area contributed by atoms with Gasteiger partial charge in [-0.05, 0) is 20.6 Å². The van der Waals surface area contributed by atoms with Gasteiger partial charge >= 0.3 is 0 Å². The molecule has 0 aliphatic carbocycles. The molecule has 0 fully saturated rings. The second-order valence-corrected chi connectivity index (χ2v) is 2.52. The van der Waals surface area contributed by atoms with Crippen molar-refractivity contribution in [1.29, 1.82) is 0 Å². The van der Waals surface area contributed by atoms with Crippen LogP contribution in [0.25, 0.3) is 0 Å². The number of aliphatic hydroxyl groups excluding tert-OH is 1. The number of nitrogens with one attached hydrogen (secondary N) is 1. The number of hydrogen-bond donors (Lipinski definition) is 2. The average molecular weight is 146 g/mol. The molecule has 0 rings (SSSR count). The summed E-state index contributed by atoms with van der Waals surface area (Å²) < 4.78 is 0. The van der Waals surface area contributed by atoms with Crippen molar-refractivity contribution in [3.63, 3.8) is 0 Å². The van der Waals surface area contributed by atoms with Crippen molar-refractivity contribution < 1.29 is 5.11 Å². The molecule has 0 bridgehead atoms. The first-order chi connectivity index (χ1) is 4.74. The topological polar surface area (TPSA) is 35.5 Å². The van der Waals surface area contributed by atoms with Crippen LogP contribution in [0.1, 0.15) is 6.92 Å². The second kappa shape index (κ2) is 5.65. The lowest BCUT2D eigenvalue weighted by molar-refractivity contribution is 0.208. The third-order valence-corrected chi connectivity index (χ3v) is 1.70. The molecule has 1 unspecified atom stereocenters. The predicted molar refractivity (Wildman–Crippen MR) is 43.1 cm³/mol. The van der Waals surface area contributed by atoms with E-state index in [-0.39, 0.29) is 12.6 Å². The number of nitrogens with zero attached hydrogens (tertiary/aromatic N) is 1. The molecule has 0 aromatic carbocycles. The van der Waals surface area contributed by atoms with E-state index < -0.39 is 0 Å². The molecular weight excluding hydrogens is 128 g/mol. The minimum atomic E-state index is 0.209. The first-order valence-corrected chi connectivity index (χ1v) is 3.71. The summed E-state index contributed by atoms with van der Waals surface area (Å²) in [6.07, 6.45) is 0. The molecule has 1 atom stereocenters. The number of likely N-dealkylation sites (N-methyl/N-ethyl adjacent to an activating group) is 2. The average Bonchev–Trinajstić information content (AvgIpc) is 1.99. The van der Waals surface area contributed by atoms with Crippen LogP contribution in [-0.2, 0) is 0 Å². The van der Waals surface area contributed by atoms with Crippen molar-refractivity contribution in [3.05, 3.63) is 0 Å². The van der Waals surface area contributed by atoms with Crippen molar-refractivity contribution in [2.24, 2.45) is 0 Å². The fourth-order valence-electron chi connectivity index (χ4n) is 0.746. The molecule has 0 aromatic rings. The first-order valence-electron chi connectivity index (χ1n) is 3.71. The van der Waals surface area contributed by atoms with E-state index in [1.807, 2.05) is 14.1 Å². The lowest BCUT2D eigenvalue weighted by Crippen LogP contribution is -2.40. The van der Waals surface area contributed by atoms with E-state index in [0.29, 0.717) is 0 Å². The smallest absolute Gasteiger partial charge is 0.0597 e. The van der Waals surface area contributed by atoms with E-state index >= 15 is 0 Å². The van der Waals surface area contributed by atoms with Crippen molar-refractivity contribution >= 4 is 0 Å². The van der Waals surface area contributed by atoms with Gasteiger partial charge in [-0.1, -0.05) is 6.92 Å². The van der Waals surface area contributed by atoms with Crippen LogP contribution >= 0.6 is 0 Å². The molecule has 0 heterocycles. The Morgan fingerprint density at radius 1 is 1.60 bits per heavy atom. The monoisotopic (exact) mass is 146 g/mol. The summed E-state index contributed by atoms with van der Waals surface area (Å²) in [5.41, 5.74) is 0. The Hall–Kier alpha value is -0.120. The van der Waals surface area contributed by atoms with E-state index in [1.165, 1.54) is 0 Å². The van der Waals surface area contributed by atoms with Crippen LogP contribution in [0, 0.1) is 0 Å². The molecule has 0 saturated carbocycles. The van der Waals surface area contributed by atoms with Gasteiger partial charge in [-0.2, -0.15) is 0 Å². The normalized spacial score (nSPS) is 14.1. The van der Waals surface area contributed by atoms with Gasteiger partial charge in [-0.3, -0.25) is 0 Å². The van der Waals surface area contributed by atoms with Gasteiger partial charge in [0.25, 0.3) is 0 Å². The van der Waals surface area contributed by atoms with Gasteiger partial charge in [0.15, 0.2) is 0 Å². The van der Waals surface area contributed by atoms with E-state index in [2.05, 4.69) is 17.1 Å². The van der Waals surface area contributed by atoms with Crippen LogP contribution < -0.4 is 5.32 Å². The summed E-state index contributed by atoms with van der Waals surface area (Å²) in [5, 5.41) is 11.8. The first kappa shape index (κ1) is 9.88. The molecule has 0 aliphatic heterocycles. The Labute approximate surface area is 63.0 Å². The summed E-state index contributed by atoms with van der Waals surface area (Å²) in [5.74, 6) is 0. The van der Waals surface area contributed by atoms with Crippen LogP contribution in [0.2, 0.25) is 0 Å². The Kier molecular flexibility index (Phi) is 5.58. The molecule has 62 valence electrons. The fraction of sp³-hybridized carbons (Fsp3) is 1.00. The minimum Gasteiger partial charge on any atom is -0.395 e. The molecule has 0 radical (unpaired) electrons. The molecule has 2 N–H and O–H groups in total. The lowest BCUT2D eigenvalue weighted by atomic mass is 10.3. The van der Waals surface area contributed by atoms with Crippen LogP contribution in [-0.4, -0.2) is 49.8 Å². The van der Waals surface area contributed by atoms with Gasteiger partial charge in [0, 0.05) is 12.6 Å². The van der Waals surface area contributed by atoms with Gasteiger partial charge in [-0.15, -0.1) is 0 Å². The summed E-state index contributed by atoms with van der Waals surface area (Å²) in [4.78, 5) is 2.16. The lowest BCUT2D eigenvalue weighted by Gasteiger charge is -2.20. The highest BCUT2D eigenvalue weighted by Crippen LogP contribution is 1.86. The Balaban J connectivity index is 3.41. The van der Waals surface area contributed by atoms with Crippen molar-refractivity contribution in [2.75, 3.05) is 33.8 Å². The minimum absolute atomic E-state index is 0.209. The molecule has 0 aliphatic rings. The Morgan fingerprint density at radius 2 is 2.20 bits per heavy atom. The zero-order valence-corrected chi connectivity index (χ0v) is 7.09. The van der Waals surface area contributed by atoms with Gasteiger partial charge in [0.05, 0.1) is 6.61 Å². The maximum Gasteiger partial charge on any atom is 0.0597 e. The van der Waals surface area contributed by atoms with Gasteiger partial charge in [-0.25, -0.2) is 0 Å². The van der Waals surface area contributed by atoms with Crippen molar-refractivity contribution in [3.8, 4) is 0 Å². The molecule has 0 aromatic heterocycles. The highest BCUT2D eigenvalue weighted by molar-refractivity contribution is 4.65. The standard InChI is InChI=1S/C7H18N2O/c1-4-9(3)5-7(6-10)8-2/h7-8,10H,4-6H2,1-3H3. The third kappa shape index (κ3) is 3.82. The van der Waals surface area contributed by atoms with Crippen LogP contribution in [0.5, 0.6) is 0 Å². The molecule has 0 amide bonds. The largest absolute Gasteiger partial charge is 0.395 e. The Morgan fingerprint density at radius 3 is 2.50 bits per heavy atom. The zero-order chi connectivity index (χ0) is 7.98. The zero-order valence-electron chi connectivity index (χ0n) is 7.09. The number of rotatable bonds is 5. The second-order valence-electron chi connectivity index (χ2n) is 2.52. The van der Waals surface area contributed by atoms with Crippen LogP contribution in [0.4, 0.5) is 0 Å².